The van der Waals surface area contributed by atoms with Gasteiger partial charge in [-0.2, -0.15) is 0 Å². The third-order valence-electron chi connectivity index (χ3n) is 3.67. The minimum absolute atomic E-state index is 0.0188. The lowest BCUT2D eigenvalue weighted by atomic mass is 10.2. The van der Waals surface area contributed by atoms with Crippen LogP contribution < -0.4 is 19.5 Å². The monoisotopic (exact) mass is 394 g/mol. The maximum absolute atomic E-state index is 12.7. The van der Waals surface area contributed by atoms with Gasteiger partial charge in [-0.3, -0.25) is 9.52 Å². The molecule has 0 aliphatic heterocycles. The van der Waals surface area contributed by atoms with Crippen molar-refractivity contribution in [2.75, 3.05) is 39.2 Å². The normalized spacial score (nSPS) is 10.9. The number of carbonyl (C=O) groups excluding carboxylic acids is 1. The highest BCUT2D eigenvalue weighted by atomic mass is 32.2. The summed E-state index contributed by atoms with van der Waals surface area (Å²) in [5, 5.41) is 2.66. The van der Waals surface area contributed by atoms with E-state index in [1.807, 2.05) is 0 Å². The molecule has 0 atom stereocenters. The van der Waals surface area contributed by atoms with Crippen molar-refractivity contribution in [3.63, 3.8) is 0 Å². The number of ether oxygens (including phenoxy) is 3. The summed E-state index contributed by atoms with van der Waals surface area (Å²) >= 11 is 0. The zero-order valence-electron chi connectivity index (χ0n) is 15.3. The van der Waals surface area contributed by atoms with Gasteiger partial charge in [0.15, 0.2) is 11.5 Å². The lowest BCUT2D eigenvalue weighted by Gasteiger charge is -2.14. The molecule has 146 valence electrons. The third-order valence-corrected chi connectivity index (χ3v) is 5.04. The fourth-order valence-electron chi connectivity index (χ4n) is 2.32. The van der Waals surface area contributed by atoms with Crippen molar-refractivity contribution in [3.05, 3.63) is 48.0 Å². The second-order valence-corrected chi connectivity index (χ2v) is 7.10. The Balaban J connectivity index is 2.29. The molecule has 27 heavy (non-hydrogen) atoms. The van der Waals surface area contributed by atoms with Gasteiger partial charge in [0.1, 0.15) is 0 Å². The number of para-hydroxylation sites is 1. The molecule has 2 rings (SSSR count). The summed E-state index contributed by atoms with van der Waals surface area (Å²) in [5.41, 5.74) is 0.375. The number of amides is 1. The fraction of sp³-hybridized carbons (Fsp3) is 0.278. The Morgan fingerprint density at radius 3 is 2.37 bits per heavy atom. The predicted molar refractivity (Wildman–Crippen MR) is 101 cm³/mol. The smallest absolute Gasteiger partial charge is 0.262 e. The van der Waals surface area contributed by atoms with Crippen LogP contribution in [-0.4, -0.2) is 48.8 Å². The second-order valence-electron chi connectivity index (χ2n) is 5.42. The van der Waals surface area contributed by atoms with Crippen molar-refractivity contribution in [2.24, 2.45) is 0 Å². The van der Waals surface area contributed by atoms with E-state index in [9.17, 15) is 13.2 Å². The first-order valence-electron chi connectivity index (χ1n) is 8.04. The van der Waals surface area contributed by atoms with Crippen molar-refractivity contribution in [2.45, 2.75) is 4.90 Å². The average Bonchev–Trinajstić information content (AvgIpc) is 2.67. The lowest BCUT2D eigenvalue weighted by molar-refractivity contribution is 0.0938. The highest BCUT2D eigenvalue weighted by Gasteiger charge is 2.20. The first kappa shape index (κ1) is 20.5. The van der Waals surface area contributed by atoms with E-state index in [0.717, 1.165) is 0 Å². The van der Waals surface area contributed by atoms with Crippen molar-refractivity contribution < 1.29 is 27.4 Å². The quantitative estimate of drug-likeness (QED) is 0.630. The van der Waals surface area contributed by atoms with Crippen LogP contribution >= 0.6 is 0 Å². The second kappa shape index (κ2) is 9.24. The van der Waals surface area contributed by atoms with Crippen molar-refractivity contribution in [3.8, 4) is 11.5 Å². The number of rotatable bonds is 9. The maximum Gasteiger partial charge on any atom is 0.262 e. The summed E-state index contributed by atoms with van der Waals surface area (Å²) in [6, 6.07) is 10.6. The molecule has 0 spiro atoms. The molecule has 0 aromatic heterocycles. The van der Waals surface area contributed by atoms with Crippen molar-refractivity contribution >= 4 is 21.6 Å². The Kier molecular flexibility index (Phi) is 7.03. The van der Waals surface area contributed by atoms with Gasteiger partial charge in [-0.05, 0) is 24.3 Å². The zero-order chi connectivity index (χ0) is 19.9. The van der Waals surface area contributed by atoms with Gasteiger partial charge in [-0.25, -0.2) is 8.42 Å². The highest BCUT2D eigenvalue weighted by Crippen LogP contribution is 2.30. The summed E-state index contributed by atoms with van der Waals surface area (Å²) in [5.74, 6) is 0.290. The van der Waals surface area contributed by atoms with Gasteiger partial charge in [-0.1, -0.05) is 12.1 Å². The number of methoxy groups -OCH3 is 3. The number of carbonyl (C=O) groups is 1. The number of sulfonamides is 1. The van der Waals surface area contributed by atoms with E-state index in [2.05, 4.69) is 10.0 Å². The molecule has 0 saturated carbocycles. The lowest BCUT2D eigenvalue weighted by Crippen LogP contribution is -2.28. The summed E-state index contributed by atoms with van der Waals surface area (Å²) in [7, 11) is 0.462. The Bertz CT molecular complexity index is 898. The molecule has 0 radical (unpaired) electrons. The topological polar surface area (TPSA) is 103 Å². The first-order valence-corrected chi connectivity index (χ1v) is 9.52. The van der Waals surface area contributed by atoms with Gasteiger partial charge in [0.25, 0.3) is 15.9 Å². The Morgan fingerprint density at radius 1 is 1.00 bits per heavy atom. The SMILES string of the molecule is COCCNC(=O)c1ccccc1NS(=O)(=O)c1ccc(OC)c(OC)c1. The Morgan fingerprint density at radius 2 is 1.70 bits per heavy atom. The van der Waals surface area contributed by atoms with Crippen LogP contribution in [0.1, 0.15) is 10.4 Å². The van der Waals surface area contributed by atoms with Gasteiger partial charge in [-0.15, -0.1) is 0 Å². The molecule has 9 heteroatoms. The van der Waals surface area contributed by atoms with Crippen LogP contribution in [0, 0.1) is 0 Å². The Labute approximate surface area is 158 Å². The molecule has 2 N–H and O–H groups in total. The number of nitrogens with one attached hydrogen (secondary N) is 2. The van der Waals surface area contributed by atoms with Gasteiger partial charge in [0.2, 0.25) is 0 Å². The van der Waals surface area contributed by atoms with E-state index in [0.29, 0.717) is 18.9 Å². The van der Waals surface area contributed by atoms with E-state index in [4.69, 9.17) is 14.2 Å². The molecule has 8 nitrogen and oxygen atoms in total. The summed E-state index contributed by atoms with van der Waals surface area (Å²) < 4.78 is 43.1. The third kappa shape index (κ3) is 5.11. The average molecular weight is 394 g/mol. The molecular formula is C18H22N2O6S. The predicted octanol–water partition coefficient (Wildman–Crippen LogP) is 1.88. The highest BCUT2D eigenvalue weighted by molar-refractivity contribution is 7.92. The number of anilines is 1. The molecular weight excluding hydrogens is 372 g/mol. The van der Waals surface area contributed by atoms with Crippen molar-refractivity contribution in [1.29, 1.82) is 0 Å². The largest absolute Gasteiger partial charge is 0.493 e. The van der Waals surface area contributed by atoms with Gasteiger partial charge in [0.05, 0.1) is 37.0 Å². The molecule has 0 aliphatic carbocycles. The molecule has 0 fully saturated rings. The summed E-state index contributed by atoms with van der Waals surface area (Å²) in [6.45, 7) is 0.664. The van der Waals surface area contributed by atoms with Crippen molar-refractivity contribution in [1.82, 2.24) is 5.32 Å². The van der Waals surface area contributed by atoms with E-state index in [-0.39, 0.29) is 21.9 Å². The molecule has 0 unspecified atom stereocenters. The molecule has 2 aromatic carbocycles. The van der Waals surface area contributed by atoms with Gasteiger partial charge in [0, 0.05) is 19.7 Å². The van der Waals surface area contributed by atoms with Gasteiger partial charge >= 0.3 is 0 Å². The Hall–Kier alpha value is -2.78. The molecule has 1 amide bonds. The molecule has 2 aromatic rings. The van der Waals surface area contributed by atoms with Crippen LogP contribution in [-0.2, 0) is 14.8 Å². The van der Waals surface area contributed by atoms with Crippen LogP contribution in [0.3, 0.4) is 0 Å². The fourth-order valence-corrected chi connectivity index (χ4v) is 3.41. The minimum Gasteiger partial charge on any atom is -0.493 e. The van der Waals surface area contributed by atoms with Crippen LogP contribution in [0.15, 0.2) is 47.4 Å². The van der Waals surface area contributed by atoms with E-state index >= 15 is 0 Å². The first-order chi connectivity index (χ1) is 12.9. The zero-order valence-corrected chi connectivity index (χ0v) is 16.1. The molecule has 0 bridgehead atoms. The van der Waals surface area contributed by atoms with Crippen LogP contribution in [0.2, 0.25) is 0 Å². The van der Waals surface area contributed by atoms with E-state index in [1.165, 1.54) is 51.7 Å². The molecule has 0 aliphatic rings. The summed E-state index contributed by atoms with van der Waals surface area (Å²) in [6.07, 6.45) is 0. The maximum atomic E-state index is 12.7. The standard InChI is InChI=1S/C18H22N2O6S/c1-24-11-10-19-18(21)14-6-4-5-7-15(14)20-27(22,23)13-8-9-16(25-2)17(12-13)26-3/h4-9,12,20H,10-11H2,1-3H3,(H,19,21). The number of hydrogen-bond donors (Lipinski definition) is 2. The number of hydrogen-bond acceptors (Lipinski definition) is 6. The van der Waals surface area contributed by atoms with Crippen LogP contribution in [0.4, 0.5) is 5.69 Å². The van der Waals surface area contributed by atoms with Crippen LogP contribution in [0.5, 0.6) is 11.5 Å². The summed E-state index contributed by atoms with van der Waals surface area (Å²) in [4.78, 5) is 12.3. The van der Waals surface area contributed by atoms with Gasteiger partial charge < -0.3 is 19.5 Å². The molecule has 0 heterocycles. The molecule has 0 saturated heterocycles. The number of benzene rings is 2. The van der Waals surface area contributed by atoms with Crippen LogP contribution in [0.25, 0.3) is 0 Å². The van der Waals surface area contributed by atoms with E-state index in [1.54, 1.807) is 12.1 Å². The van der Waals surface area contributed by atoms with E-state index < -0.39 is 15.9 Å². The minimum atomic E-state index is -3.94.